The van der Waals surface area contributed by atoms with Crippen molar-refractivity contribution in [2.45, 2.75) is 13.3 Å². The summed E-state index contributed by atoms with van der Waals surface area (Å²) in [5.41, 5.74) is 2.35. The molecule has 21 heavy (non-hydrogen) atoms. The maximum atomic E-state index is 11.7. The summed E-state index contributed by atoms with van der Waals surface area (Å²) < 4.78 is 0. The molecule has 0 bridgehead atoms. The molecule has 0 amide bonds. The first-order valence-electron chi connectivity index (χ1n) is 6.54. The molecule has 0 saturated carbocycles. The first kappa shape index (κ1) is 15.1. The van der Waals surface area contributed by atoms with E-state index in [1.54, 1.807) is 24.3 Å². The molecule has 2 aromatic rings. The Labute approximate surface area is 128 Å². The third-order valence-corrected chi connectivity index (χ3v) is 3.47. The molecule has 0 radical (unpaired) electrons. The van der Waals surface area contributed by atoms with E-state index < -0.39 is 5.97 Å². The van der Waals surface area contributed by atoms with E-state index in [0.717, 1.165) is 11.1 Å². The summed E-state index contributed by atoms with van der Waals surface area (Å²) in [6.07, 6.45) is 0.574. The zero-order chi connectivity index (χ0) is 15.4. The van der Waals surface area contributed by atoms with E-state index in [2.05, 4.69) is 0 Å². The van der Waals surface area contributed by atoms with E-state index in [1.165, 1.54) is 12.1 Å². The van der Waals surface area contributed by atoms with Crippen LogP contribution in [-0.4, -0.2) is 16.2 Å². The fourth-order valence-electron chi connectivity index (χ4n) is 2.23. The number of phenolic OH excluding ortho intramolecular Hbond substituents is 1. The lowest BCUT2D eigenvalue weighted by Crippen LogP contribution is -2.03. The Bertz CT molecular complexity index is 670. The average molecular weight is 303 g/mol. The zero-order valence-electron chi connectivity index (χ0n) is 11.5. The van der Waals surface area contributed by atoms with Gasteiger partial charge >= 0.3 is 5.97 Å². The summed E-state index contributed by atoms with van der Waals surface area (Å²) in [5.74, 6) is -0.888. The standard InChI is InChI=1S/C17H15ClO3/c1-2-15(11-3-7-13(18)8-4-11)16(17(20)21)12-5-9-14(19)10-6-12/h3-10,19H,2H2,1H3,(H,20,21). The van der Waals surface area contributed by atoms with Gasteiger partial charge in [-0.25, -0.2) is 4.79 Å². The largest absolute Gasteiger partial charge is 0.508 e. The van der Waals surface area contributed by atoms with Crippen LogP contribution < -0.4 is 0 Å². The minimum Gasteiger partial charge on any atom is -0.508 e. The van der Waals surface area contributed by atoms with Crippen molar-refractivity contribution in [1.29, 1.82) is 0 Å². The van der Waals surface area contributed by atoms with Gasteiger partial charge in [0.05, 0.1) is 5.57 Å². The monoisotopic (exact) mass is 302 g/mol. The number of hydrogen-bond acceptors (Lipinski definition) is 2. The molecule has 0 saturated heterocycles. The minimum atomic E-state index is -0.993. The summed E-state index contributed by atoms with van der Waals surface area (Å²) in [4.78, 5) is 11.7. The van der Waals surface area contributed by atoms with Crippen LogP contribution in [0.2, 0.25) is 5.02 Å². The van der Waals surface area contributed by atoms with Gasteiger partial charge in [-0.1, -0.05) is 42.8 Å². The van der Waals surface area contributed by atoms with Crippen LogP contribution in [0.3, 0.4) is 0 Å². The Kier molecular flexibility index (Phi) is 4.66. The maximum Gasteiger partial charge on any atom is 0.336 e. The third-order valence-electron chi connectivity index (χ3n) is 3.22. The lowest BCUT2D eigenvalue weighted by Gasteiger charge is -2.12. The predicted molar refractivity (Wildman–Crippen MR) is 84.3 cm³/mol. The van der Waals surface area contributed by atoms with Gasteiger partial charge in [-0.15, -0.1) is 0 Å². The Morgan fingerprint density at radius 1 is 1.00 bits per heavy atom. The van der Waals surface area contributed by atoms with Crippen LogP contribution in [0.15, 0.2) is 48.5 Å². The normalized spacial score (nSPS) is 11.9. The molecule has 0 aliphatic heterocycles. The molecule has 3 nitrogen and oxygen atoms in total. The number of rotatable bonds is 4. The molecule has 0 aliphatic rings. The van der Waals surface area contributed by atoms with Gasteiger partial charge in [-0.2, -0.15) is 0 Å². The number of phenols is 1. The van der Waals surface area contributed by atoms with E-state index in [4.69, 9.17) is 11.6 Å². The predicted octanol–water partition coefficient (Wildman–Crippen LogP) is 4.45. The fourth-order valence-corrected chi connectivity index (χ4v) is 2.36. The topological polar surface area (TPSA) is 57.5 Å². The van der Waals surface area contributed by atoms with Crippen LogP contribution in [0, 0.1) is 0 Å². The van der Waals surface area contributed by atoms with Gasteiger partial charge in [0.25, 0.3) is 0 Å². The summed E-state index contributed by atoms with van der Waals surface area (Å²) >= 11 is 5.88. The Morgan fingerprint density at radius 2 is 1.52 bits per heavy atom. The fraction of sp³-hybridized carbons (Fsp3) is 0.118. The van der Waals surface area contributed by atoms with Crippen molar-refractivity contribution in [3.05, 3.63) is 64.7 Å². The van der Waals surface area contributed by atoms with Gasteiger partial charge in [-0.3, -0.25) is 0 Å². The smallest absolute Gasteiger partial charge is 0.336 e. The van der Waals surface area contributed by atoms with Crippen LogP contribution >= 0.6 is 11.6 Å². The molecule has 2 N–H and O–H groups in total. The third kappa shape index (κ3) is 3.44. The van der Waals surface area contributed by atoms with Crippen LogP contribution in [0.25, 0.3) is 11.1 Å². The van der Waals surface area contributed by atoms with E-state index in [-0.39, 0.29) is 11.3 Å². The molecule has 0 heterocycles. The van der Waals surface area contributed by atoms with Crippen LogP contribution in [0.5, 0.6) is 5.75 Å². The van der Waals surface area contributed by atoms with Crippen LogP contribution in [0.1, 0.15) is 24.5 Å². The second-order valence-electron chi connectivity index (χ2n) is 4.57. The van der Waals surface area contributed by atoms with E-state index in [1.807, 2.05) is 19.1 Å². The molecular weight excluding hydrogens is 288 g/mol. The lowest BCUT2D eigenvalue weighted by molar-refractivity contribution is -0.130. The van der Waals surface area contributed by atoms with E-state index >= 15 is 0 Å². The van der Waals surface area contributed by atoms with Crippen LogP contribution in [-0.2, 0) is 4.79 Å². The van der Waals surface area contributed by atoms with Gasteiger partial charge in [-0.05, 0) is 47.4 Å². The molecule has 0 aliphatic carbocycles. The van der Waals surface area contributed by atoms with Crippen molar-refractivity contribution < 1.29 is 15.0 Å². The lowest BCUT2D eigenvalue weighted by atomic mass is 9.93. The Balaban J connectivity index is 2.62. The molecular formula is C17H15ClO3. The van der Waals surface area contributed by atoms with Gasteiger partial charge in [0, 0.05) is 5.02 Å². The number of allylic oxidation sites excluding steroid dienone is 1. The van der Waals surface area contributed by atoms with Crippen molar-refractivity contribution in [2.75, 3.05) is 0 Å². The van der Waals surface area contributed by atoms with Crippen molar-refractivity contribution in [3.63, 3.8) is 0 Å². The van der Waals surface area contributed by atoms with Gasteiger partial charge in [0.15, 0.2) is 0 Å². The minimum absolute atomic E-state index is 0.105. The summed E-state index contributed by atoms with van der Waals surface area (Å²) in [6, 6.07) is 13.3. The zero-order valence-corrected chi connectivity index (χ0v) is 12.3. The highest BCUT2D eigenvalue weighted by Crippen LogP contribution is 2.30. The molecule has 0 aromatic heterocycles. The van der Waals surface area contributed by atoms with Gasteiger partial charge in [0.1, 0.15) is 5.75 Å². The number of aromatic hydroxyl groups is 1. The van der Waals surface area contributed by atoms with Gasteiger partial charge in [0.2, 0.25) is 0 Å². The molecule has 108 valence electrons. The number of halogens is 1. The molecule has 0 atom stereocenters. The first-order valence-corrected chi connectivity index (χ1v) is 6.92. The quantitative estimate of drug-likeness (QED) is 0.648. The maximum absolute atomic E-state index is 11.7. The van der Waals surface area contributed by atoms with Crippen molar-refractivity contribution >= 4 is 28.7 Å². The summed E-state index contributed by atoms with van der Waals surface area (Å²) in [5, 5.41) is 19.5. The van der Waals surface area contributed by atoms with E-state index in [9.17, 15) is 15.0 Å². The Morgan fingerprint density at radius 3 is 2.00 bits per heavy atom. The molecule has 2 aromatic carbocycles. The first-order chi connectivity index (χ1) is 10.0. The number of carbonyl (C=O) groups is 1. The van der Waals surface area contributed by atoms with E-state index in [0.29, 0.717) is 17.0 Å². The second kappa shape index (κ2) is 6.46. The second-order valence-corrected chi connectivity index (χ2v) is 5.00. The average Bonchev–Trinajstić information content (AvgIpc) is 2.47. The summed E-state index contributed by atoms with van der Waals surface area (Å²) in [7, 11) is 0. The van der Waals surface area contributed by atoms with Crippen molar-refractivity contribution in [2.24, 2.45) is 0 Å². The van der Waals surface area contributed by atoms with Crippen molar-refractivity contribution in [3.8, 4) is 5.75 Å². The highest BCUT2D eigenvalue weighted by Gasteiger charge is 2.17. The number of hydrogen-bond donors (Lipinski definition) is 2. The number of benzene rings is 2. The highest BCUT2D eigenvalue weighted by molar-refractivity contribution is 6.30. The number of carboxylic acids is 1. The van der Waals surface area contributed by atoms with Gasteiger partial charge < -0.3 is 10.2 Å². The van der Waals surface area contributed by atoms with Crippen molar-refractivity contribution in [1.82, 2.24) is 0 Å². The number of carboxylic acid groups (broad SMARTS) is 1. The number of aliphatic carboxylic acids is 1. The highest BCUT2D eigenvalue weighted by atomic mass is 35.5. The SMILES string of the molecule is CCC(=C(C(=O)O)c1ccc(O)cc1)c1ccc(Cl)cc1. The molecule has 0 spiro atoms. The molecule has 0 unspecified atom stereocenters. The molecule has 0 fully saturated rings. The molecule has 2 rings (SSSR count). The summed E-state index contributed by atoms with van der Waals surface area (Å²) in [6.45, 7) is 1.91. The van der Waals surface area contributed by atoms with Crippen LogP contribution in [0.4, 0.5) is 0 Å². The Hall–Kier alpha value is -2.26. The molecule has 4 heteroatoms.